The number of quaternary nitrogens is 2. The predicted octanol–water partition coefficient (Wildman–Crippen LogP) is 0.642. The number of methoxy groups -OCH3 is 1. The van der Waals surface area contributed by atoms with Gasteiger partial charge in [0.1, 0.15) is 31.9 Å². The van der Waals surface area contributed by atoms with Gasteiger partial charge in [0.15, 0.2) is 6.04 Å². The molecule has 1 aromatic heterocycles. The molecule has 1 atom stereocenters. The molecule has 1 aliphatic heterocycles. The number of hydrogen-bond acceptors (Lipinski definition) is 4. The molecule has 0 spiro atoms. The van der Waals surface area contributed by atoms with Gasteiger partial charge >= 0.3 is 0 Å². The Morgan fingerprint density at radius 2 is 1.77 bits per heavy atom. The number of nitrogens with zero attached hydrogens (tertiary/aromatic N) is 4. The molecule has 4 rings (SSSR count). The highest BCUT2D eigenvalue weighted by Gasteiger charge is 2.39. The van der Waals surface area contributed by atoms with Gasteiger partial charge in [0.05, 0.1) is 18.7 Å². The van der Waals surface area contributed by atoms with Gasteiger partial charge in [-0.2, -0.15) is 0 Å². The van der Waals surface area contributed by atoms with E-state index in [4.69, 9.17) is 4.74 Å². The Balaban J connectivity index is 1.63. The van der Waals surface area contributed by atoms with E-state index in [1.807, 2.05) is 4.90 Å². The third kappa shape index (κ3) is 4.23. The summed E-state index contributed by atoms with van der Waals surface area (Å²) in [5.41, 5.74) is 1.15. The van der Waals surface area contributed by atoms with E-state index in [2.05, 4.69) is 65.2 Å². The van der Waals surface area contributed by atoms with Gasteiger partial charge in [0.25, 0.3) is 0 Å². The molecular weight excluding hydrogens is 376 g/mol. The van der Waals surface area contributed by atoms with E-state index in [1.54, 1.807) is 12.0 Å². The molecular formula is C23H38N6O+2. The van der Waals surface area contributed by atoms with Gasteiger partial charge in [-0.05, 0) is 80.6 Å². The van der Waals surface area contributed by atoms with E-state index in [1.165, 1.54) is 44.3 Å². The molecule has 164 valence electrons. The van der Waals surface area contributed by atoms with Crippen molar-refractivity contribution in [2.75, 3.05) is 33.3 Å². The second kappa shape index (κ2) is 9.02. The van der Waals surface area contributed by atoms with E-state index < -0.39 is 0 Å². The van der Waals surface area contributed by atoms with Gasteiger partial charge in [-0.25, -0.2) is 4.68 Å². The van der Waals surface area contributed by atoms with E-state index in [-0.39, 0.29) is 11.6 Å². The molecule has 2 N–H and O–H groups in total. The molecule has 1 aliphatic carbocycles. The average Bonchev–Trinajstić information content (AvgIpc) is 3.48. The van der Waals surface area contributed by atoms with Gasteiger partial charge in [-0.1, -0.05) is 6.92 Å². The highest BCUT2D eigenvalue weighted by Crippen LogP contribution is 2.26. The summed E-state index contributed by atoms with van der Waals surface area (Å²) in [6, 6.07) is 9.51. The van der Waals surface area contributed by atoms with Crippen molar-refractivity contribution in [1.82, 2.24) is 20.2 Å². The number of aromatic nitrogens is 4. The Bertz CT molecular complexity index is 803. The van der Waals surface area contributed by atoms with Gasteiger partial charge < -0.3 is 14.5 Å². The molecule has 0 bridgehead atoms. The van der Waals surface area contributed by atoms with Gasteiger partial charge in [-0.15, -0.1) is 5.10 Å². The van der Waals surface area contributed by atoms with Crippen LogP contribution in [-0.2, 0) is 5.54 Å². The summed E-state index contributed by atoms with van der Waals surface area (Å²) in [4.78, 5) is 3.39. The molecule has 2 aromatic rings. The Kier molecular flexibility index (Phi) is 6.39. The predicted molar refractivity (Wildman–Crippen MR) is 116 cm³/mol. The van der Waals surface area contributed by atoms with Crippen LogP contribution in [0.3, 0.4) is 0 Å². The summed E-state index contributed by atoms with van der Waals surface area (Å²) in [7, 11) is 1.72. The Morgan fingerprint density at radius 3 is 2.37 bits per heavy atom. The molecule has 2 fully saturated rings. The lowest BCUT2D eigenvalue weighted by Gasteiger charge is -2.37. The number of tetrazole rings is 1. The van der Waals surface area contributed by atoms with Crippen LogP contribution < -0.4 is 14.5 Å². The fourth-order valence-electron chi connectivity index (χ4n) is 5.24. The van der Waals surface area contributed by atoms with Crippen LogP contribution >= 0.6 is 0 Å². The van der Waals surface area contributed by atoms with E-state index in [0.29, 0.717) is 0 Å². The maximum atomic E-state index is 5.40. The SMILES string of the molecule is CCC(C)(C)n1nnnc1[C@H](c1ccc(OC)cc1)[NH+]1CC[NH+](C2CCCC2)CC1. The fourth-order valence-corrected chi connectivity index (χ4v) is 5.24. The normalized spacial score (nSPS) is 24.1. The largest absolute Gasteiger partial charge is 0.497 e. The molecule has 0 unspecified atom stereocenters. The third-order valence-corrected chi connectivity index (χ3v) is 7.51. The highest BCUT2D eigenvalue weighted by molar-refractivity contribution is 5.30. The zero-order valence-corrected chi connectivity index (χ0v) is 19.0. The van der Waals surface area contributed by atoms with Crippen molar-refractivity contribution < 1.29 is 14.5 Å². The summed E-state index contributed by atoms with van der Waals surface area (Å²) >= 11 is 0. The van der Waals surface area contributed by atoms with Crippen molar-refractivity contribution in [2.45, 2.75) is 70.5 Å². The highest BCUT2D eigenvalue weighted by atomic mass is 16.5. The summed E-state index contributed by atoms with van der Waals surface area (Å²) in [6.07, 6.45) is 6.64. The van der Waals surface area contributed by atoms with Crippen molar-refractivity contribution in [3.05, 3.63) is 35.7 Å². The first-order valence-corrected chi connectivity index (χ1v) is 11.7. The van der Waals surface area contributed by atoms with Crippen LogP contribution in [-0.4, -0.2) is 59.5 Å². The number of benzene rings is 1. The molecule has 2 heterocycles. The Hall–Kier alpha value is -1.99. The summed E-state index contributed by atoms with van der Waals surface area (Å²) in [5.74, 6) is 1.86. The van der Waals surface area contributed by atoms with Gasteiger partial charge in [-0.3, -0.25) is 0 Å². The van der Waals surface area contributed by atoms with Crippen molar-refractivity contribution >= 4 is 0 Å². The minimum absolute atomic E-state index is 0.111. The second-order valence-electron chi connectivity index (χ2n) is 9.62. The fraction of sp³-hybridized carbons (Fsp3) is 0.696. The van der Waals surface area contributed by atoms with Crippen LogP contribution in [0.15, 0.2) is 24.3 Å². The molecule has 7 nitrogen and oxygen atoms in total. The van der Waals surface area contributed by atoms with E-state index in [9.17, 15) is 0 Å². The first kappa shape index (κ1) is 21.2. The molecule has 2 aliphatic rings. The number of rotatable bonds is 7. The summed E-state index contributed by atoms with van der Waals surface area (Å²) in [5, 5.41) is 13.1. The van der Waals surface area contributed by atoms with Crippen LogP contribution in [0, 0.1) is 0 Å². The Morgan fingerprint density at radius 1 is 1.10 bits per heavy atom. The van der Waals surface area contributed by atoms with Crippen molar-refractivity contribution in [3.63, 3.8) is 0 Å². The lowest BCUT2D eigenvalue weighted by molar-refractivity contribution is -1.03. The second-order valence-corrected chi connectivity index (χ2v) is 9.62. The third-order valence-electron chi connectivity index (χ3n) is 7.51. The minimum Gasteiger partial charge on any atom is -0.497 e. The molecule has 1 aromatic carbocycles. The maximum Gasteiger partial charge on any atom is 0.214 e. The van der Waals surface area contributed by atoms with Gasteiger partial charge in [0.2, 0.25) is 5.82 Å². The van der Waals surface area contributed by atoms with Crippen molar-refractivity contribution in [3.8, 4) is 5.75 Å². The minimum atomic E-state index is -0.111. The van der Waals surface area contributed by atoms with Crippen molar-refractivity contribution in [1.29, 1.82) is 0 Å². The smallest absolute Gasteiger partial charge is 0.214 e. The van der Waals surface area contributed by atoms with Gasteiger partial charge in [0, 0.05) is 5.56 Å². The monoisotopic (exact) mass is 414 g/mol. The summed E-state index contributed by atoms with van der Waals surface area (Å²) in [6.45, 7) is 11.4. The Labute approximate surface area is 180 Å². The molecule has 7 heteroatoms. The number of nitrogens with one attached hydrogen (secondary N) is 2. The standard InChI is InChI=1S/C23H36N6O/c1-5-23(2,3)29-22(24-25-26-29)21(18-10-12-20(30-4)13-11-18)28-16-14-27(15-17-28)19-8-6-7-9-19/h10-13,19,21H,5-9,14-17H2,1-4H3/p+2/t21-/m0/s1. The van der Waals surface area contributed by atoms with Crippen LogP contribution in [0.25, 0.3) is 0 Å². The number of piperazine rings is 1. The van der Waals surface area contributed by atoms with Crippen LogP contribution in [0.1, 0.15) is 70.3 Å². The maximum absolute atomic E-state index is 5.40. The zero-order chi connectivity index (χ0) is 21.1. The molecule has 0 amide bonds. The van der Waals surface area contributed by atoms with Crippen LogP contribution in [0.5, 0.6) is 5.75 Å². The van der Waals surface area contributed by atoms with E-state index >= 15 is 0 Å². The zero-order valence-electron chi connectivity index (χ0n) is 19.0. The number of ether oxygens (including phenoxy) is 1. The van der Waals surface area contributed by atoms with Crippen LogP contribution in [0.4, 0.5) is 0 Å². The molecule has 1 saturated carbocycles. The first-order chi connectivity index (χ1) is 14.5. The molecule has 1 saturated heterocycles. The van der Waals surface area contributed by atoms with Crippen LogP contribution in [0.2, 0.25) is 0 Å². The lowest BCUT2D eigenvalue weighted by Crippen LogP contribution is -3.29. The molecule has 30 heavy (non-hydrogen) atoms. The topological polar surface area (TPSA) is 61.7 Å². The average molecular weight is 415 g/mol. The molecule has 0 radical (unpaired) electrons. The first-order valence-electron chi connectivity index (χ1n) is 11.7. The quantitative estimate of drug-likeness (QED) is 0.698. The van der Waals surface area contributed by atoms with Crippen molar-refractivity contribution in [2.24, 2.45) is 0 Å². The summed E-state index contributed by atoms with van der Waals surface area (Å²) < 4.78 is 7.46. The lowest BCUT2D eigenvalue weighted by atomic mass is 9.99. The number of hydrogen-bond donors (Lipinski definition) is 2. The van der Waals surface area contributed by atoms with E-state index in [0.717, 1.165) is 37.1 Å².